The Hall–Kier alpha value is -3.30. The molecule has 1 fully saturated rings. The molecule has 2 aliphatic rings. The summed E-state index contributed by atoms with van der Waals surface area (Å²) in [6, 6.07) is 15.8. The van der Waals surface area contributed by atoms with E-state index in [4.69, 9.17) is 18.9 Å². The highest BCUT2D eigenvalue weighted by Crippen LogP contribution is 2.34. The predicted molar refractivity (Wildman–Crippen MR) is 125 cm³/mol. The van der Waals surface area contributed by atoms with Crippen molar-refractivity contribution >= 4 is 26.8 Å². The van der Waals surface area contributed by atoms with E-state index in [-0.39, 0.29) is 29.9 Å². The van der Waals surface area contributed by atoms with Gasteiger partial charge in [0, 0.05) is 19.2 Å². The van der Waals surface area contributed by atoms with Gasteiger partial charge >= 0.3 is 5.97 Å². The van der Waals surface area contributed by atoms with Crippen LogP contribution < -0.4 is 18.9 Å². The van der Waals surface area contributed by atoms with Crippen LogP contribution in [0.4, 0.5) is 0 Å². The predicted octanol–water partition coefficient (Wildman–Crippen LogP) is 3.63. The topological polar surface area (TPSA) is 91.4 Å². The van der Waals surface area contributed by atoms with Crippen LogP contribution in [-0.4, -0.2) is 52.1 Å². The molecule has 0 aromatic heterocycles. The number of rotatable bonds is 5. The number of nitrogens with zero attached hydrogens (tertiary/aromatic N) is 1. The zero-order valence-corrected chi connectivity index (χ0v) is 19.5. The Kier molecular flexibility index (Phi) is 6.05. The largest absolute Gasteiger partial charge is 0.497 e. The lowest BCUT2D eigenvalue weighted by Crippen LogP contribution is -2.41. The zero-order chi connectivity index (χ0) is 23.7. The van der Waals surface area contributed by atoms with Crippen molar-refractivity contribution in [1.29, 1.82) is 0 Å². The molecule has 2 aliphatic heterocycles. The summed E-state index contributed by atoms with van der Waals surface area (Å²) in [5.41, 5.74) is 0. The molecule has 0 unspecified atom stereocenters. The van der Waals surface area contributed by atoms with E-state index in [0.29, 0.717) is 43.3 Å². The van der Waals surface area contributed by atoms with Crippen molar-refractivity contribution < 1.29 is 32.2 Å². The molecule has 0 radical (unpaired) electrons. The Morgan fingerprint density at radius 1 is 0.882 bits per heavy atom. The van der Waals surface area contributed by atoms with Gasteiger partial charge in [0.25, 0.3) is 0 Å². The van der Waals surface area contributed by atoms with Crippen LogP contribution in [0.25, 0.3) is 10.8 Å². The number of fused-ring (bicyclic) bond motifs is 2. The quantitative estimate of drug-likeness (QED) is 0.404. The molecule has 0 atom stereocenters. The number of benzene rings is 3. The molecule has 3 aromatic rings. The van der Waals surface area contributed by atoms with Crippen molar-refractivity contribution in [3.05, 3.63) is 54.6 Å². The van der Waals surface area contributed by atoms with Crippen LogP contribution in [0.3, 0.4) is 0 Å². The second-order valence-electron chi connectivity index (χ2n) is 8.28. The summed E-state index contributed by atoms with van der Waals surface area (Å²) < 4.78 is 49.5. The number of carbonyl (C=O) groups is 1. The highest BCUT2D eigenvalue weighted by Gasteiger charge is 2.33. The van der Waals surface area contributed by atoms with E-state index in [1.807, 2.05) is 24.3 Å². The Morgan fingerprint density at radius 2 is 1.56 bits per heavy atom. The van der Waals surface area contributed by atoms with E-state index in [2.05, 4.69) is 0 Å². The molecular weight excluding hydrogens is 458 g/mol. The smallest absolute Gasteiger partial charge is 0.314 e. The molecule has 0 N–H and O–H groups in total. The number of esters is 1. The fraction of sp³-hybridized carbons (Fsp3) is 0.320. The number of piperidine rings is 1. The van der Waals surface area contributed by atoms with E-state index in [0.717, 1.165) is 16.5 Å². The number of ether oxygens (including phenoxy) is 4. The van der Waals surface area contributed by atoms with Gasteiger partial charge in [0.15, 0.2) is 11.5 Å². The van der Waals surface area contributed by atoms with Gasteiger partial charge in [-0.1, -0.05) is 12.1 Å². The molecule has 5 rings (SSSR count). The third-order valence-electron chi connectivity index (χ3n) is 6.18. The summed E-state index contributed by atoms with van der Waals surface area (Å²) in [4.78, 5) is 12.9. The van der Waals surface area contributed by atoms with Crippen molar-refractivity contribution in [1.82, 2.24) is 4.31 Å². The van der Waals surface area contributed by atoms with E-state index < -0.39 is 10.0 Å². The SMILES string of the molecule is COc1ccc2ccc(OC(=O)C3CCN(S(=O)(=O)c4ccc5c(c4)OCCO5)CC3)cc2c1. The van der Waals surface area contributed by atoms with Crippen molar-refractivity contribution in [2.45, 2.75) is 17.7 Å². The highest BCUT2D eigenvalue weighted by molar-refractivity contribution is 7.89. The van der Waals surface area contributed by atoms with Gasteiger partial charge in [0.2, 0.25) is 10.0 Å². The molecule has 2 heterocycles. The highest BCUT2D eigenvalue weighted by atomic mass is 32.2. The van der Waals surface area contributed by atoms with Gasteiger partial charge in [-0.25, -0.2) is 8.42 Å². The number of hydrogen-bond donors (Lipinski definition) is 0. The van der Waals surface area contributed by atoms with E-state index in [1.165, 1.54) is 16.4 Å². The van der Waals surface area contributed by atoms with Crippen molar-refractivity contribution in [2.24, 2.45) is 5.92 Å². The van der Waals surface area contributed by atoms with Gasteiger partial charge < -0.3 is 18.9 Å². The zero-order valence-electron chi connectivity index (χ0n) is 18.7. The average Bonchev–Trinajstić information content (AvgIpc) is 2.88. The second kappa shape index (κ2) is 9.15. The van der Waals surface area contributed by atoms with E-state index >= 15 is 0 Å². The summed E-state index contributed by atoms with van der Waals surface area (Å²) >= 11 is 0. The van der Waals surface area contributed by atoms with Gasteiger partial charge in [-0.05, 0) is 60.0 Å². The first-order valence-corrected chi connectivity index (χ1v) is 12.6. The first-order chi connectivity index (χ1) is 16.4. The maximum absolute atomic E-state index is 13.1. The molecule has 0 amide bonds. The van der Waals surface area contributed by atoms with Gasteiger partial charge in [0.05, 0.1) is 17.9 Å². The third kappa shape index (κ3) is 4.41. The minimum atomic E-state index is -3.70. The minimum absolute atomic E-state index is 0.157. The van der Waals surface area contributed by atoms with Crippen LogP contribution in [0, 0.1) is 5.92 Å². The Balaban J connectivity index is 1.23. The summed E-state index contributed by atoms with van der Waals surface area (Å²) in [6.45, 7) is 1.31. The summed E-state index contributed by atoms with van der Waals surface area (Å²) in [5.74, 6) is 1.43. The molecule has 9 heteroatoms. The van der Waals surface area contributed by atoms with E-state index in [9.17, 15) is 13.2 Å². The van der Waals surface area contributed by atoms with Crippen LogP contribution in [0.5, 0.6) is 23.0 Å². The maximum Gasteiger partial charge on any atom is 0.314 e. The van der Waals surface area contributed by atoms with Crippen molar-refractivity contribution in [3.63, 3.8) is 0 Å². The Labute approximate surface area is 198 Å². The molecular formula is C25H25NO7S. The molecule has 8 nitrogen and oxygen atoms in total. The number of hydrogen-bond acceptors (Lipinski definition) is 7. The van der Waals surface area contributed by atoms with Crippen LogP contribution in [0.2, 0.25) is 0 Å². The lowest BCUT2D eigenvalue weighted by molar-refractivity contribution is -0.140. The molecule has 178 valence electrons. The molecule has 0 aliphatic carbocycles. The first-order valence-electron chi connectivity index (χ1n) is 11.1. The standard InChI is InChI=1S/C25H25NO7S/c1-30-20-4-2-17-3-5-21(15-19(17)14-20)33-25(27)18-8-10-26(11-9-18)34(28,29)22-6-7-23-24(16-22)32-13-12-31-23/h2-7,14-16,18H,8-13H2,1H3. The third-order valence-corrected chi connectivity index (χ3v) is 8.07. The minimum Gasteiger partial charge on any atom is -0.497 e. The number of sulfonamides is 1. The lowest BCUT2D eigenvalue weighted by Gasteiger charge is -2.30. The summed E-state index contributed by atoms with van der Waals surface area (Å²) in [7, 11) is -2.10. The summed E-state index contributed by atoms with van der Waals surface area (Å²) in [6.07, 6.45) is 0.786. The fourth-order valence-electron chi connectivity index (χ4n) is 4.26. The van der Waals surface area contributed by atoms with Crippen LogP contribution in [0.15, 0.2) is 59.5 Å². The lowest BCUT2D eigenvalue weighted by atomic mass is 9.98. The van der Waals surface area contributed by atoms with Crippen LogP contribution in [-0.2, 0) is 14.8 Å². The second-order valence-corrected chi connectivity index (χ2v) is 10.2. The van der Waals surface area contributed by atoms with Crippen molar-refractivity contribution in [3.8, 4) is 23.0 Å². The Bertz CT molecular complexity index is 1330. The molecule has 0 spiro atoms. The first kappa shape index (κ1) is 22.5. The van der Waals surface area contributed by atoms with Crippen molar-refractivity contribution in [2.75, 3.05) is 33.4 Å². The number of carbonyl (C=O) groups excluding carboxylic acids is 1. The summed E-state index contributed by atoms with van der Waals surface area (Å²) in [5, 5.41) is 1.92. The Morgan fingerprint density at radius 3 is 2.29 bits per heavy atom. The molecule has 1 saturated heterocycles. The normalized spacial score (nSPS) is 16.9. The van der Waals surface area contributed by atoms with Gasteiger partial charge in [-0.2, -0.15) is 4.31 Å². The van der Waals surface area contributed by atoms with Gasteiger partial charge in [-0.3, -0.25) is 4.79 Å². The van der Waals surface area contributed by atoms with Crippen LogP contribution >= 0.6 is 0 Å². The molecule has 0 saturated carbocycles. The molecule has 0 bridgehead atoms. The molecule has 3 aromatic carbocycles. The average molecular weight is 484 g/mol. The maximum atomic E-state index is 13.1. The van der Waals surface area contributed by atoms with Gasteiger partial charge in [0.1, 0.15) is 24.7 Å². The monoisotopic (exact) mass is 483 g/mol. The van der Waals surface area contributed by atoms with Crippen LogP contribution in [0.1, 0.15) is 12.8 Å². The number of methoxy groups -OCH3 is 1. The molecule has 34 heavy (non-hydrogen) atoms. The van der Waals surface area contributed by atoms with Gasteiger partial charge in [-0.15, -0.1) is 0 Å². The van der Waals surface area contributed by atoms with E-state index in [1.54, 1.807) is 25.3 Å². The fourth-order valence-corrected chi connectivity index (χ4v) is 5.74.